The van der Waals surface area contributed by atoms with Gasteiger partial charge in [0.05, 0.1) is 22.5 Å². The Balaban J connectivity index is 1.97. The first-order valence-corrected chi connectivity index (χ1v) is 8.13. The van der Waals surface area contributed by atoms with Crippen molar-refractivity contribution in [2.24, 2.45) is 0 Å². The minimum absolute atomic E-state index is 0.0675. The Morgan fingerprint density at radius 2 is 2.30 bits per heavy atom. The summed E-state index contributed by atoms with van der Waals surface area (Å²) in [6.07, 6.45) is 2.87. The van der Waals surface area contributed by atoms with Crippen LogP contribution in [0.3, 0.4) is 0 Å². The molecule has 0 unspecified atom stereocenters. The zero-order valence-corrected chi connectivity index (χ0v) is 13.2. The van der Waals surface area contributed by atoms with Crippen LogP contribution in [0.2, 0.25) is 0 Å². The highest BCUT2D eigenvalue weighted by atomic mass is 32.2. The standard InChI is InChI=1S/C11H11N3O3S3/c1-6-10(8(16)4-18-7(2)15)19-11(13-6)20-14-9-3-12-5-17-9/h3,5,14H,4H2,1-2H3. The molecule has 0 aliphatic rings. The number of carbonyl (C=O) groups excluding carboxylic acids is 2. The summed E-state index contributed by atoms with van der Waals surface area (Å²) in [6.45, 7) is 3.22. The number of hydrogen-bond acceptors (Lipinski definition) is 9. The molecule has 9 heteroatoms. The minimum atomic E-state index is -0.0771. The molecule has 0 fully saturated rings. The lowest BCUT2D eigenvalue weighted by atomic mass is 10.3. The zero-order chi connectivity index (χ0) is 14.5. The number of nitrogens with one attached hydrogen (secondary N) is 1. The number of nitrogens with zero attached hydrogens (tertiary/aromatic N) is 2. The van der Waals surface area contributed by atoms with E-state index in [1.807, 2.05) is 0 Å². The average molecular weight is 329 g/mol. The molecule has 0 atom stereocenters. The van der Waals surface area contributed by atoms with Gasteiger partial charge in [0, 0.05) is 18.9 Å². The van der Waals surface area contributed by atoms with Crippen molar-refractivity contribution in [1.82, 2.24) is 9.97 Å². The van der Waals surface area contributed by atoms with E-state index in [0.717, 1.165) is 11.8 Å². The number of thiazole rings is 1. The third-order valence-electron chi connectivity index (χ3n) is 2.11. The summed E-state index contributed by atoms with van der Waals surface area (Å²) in [7, 11) is 0. The SMILES string of the molecule is CC(=O)SCC(=O)c1sc(SNc2cnco2)nc1C. The van der Waals surface area contributed by atoms with E-state index in [0.29, 0.717) is 20.8 Å². The Morgan fingerprint density at radius 1 is 1.50 bits per heavy atom. The quantitative estimate of drug-likeness (QED) is 0.639. The lowest BCUT2D eigenvalue weighted by Gasteiger charge is -1.96. The van der Waals surface area contributed by atoms with Crippen LogP contribution < -0.4 is 4.72 Å². The molecule has 0 amide bonds. The van der Waals surface area contributed by atoms with Crippen LogP contribution in [0.15, 0.2) is 21.3 Å². The summed E-state index contributed by atoms with van der Waals surface area (Å²) in [4.78, 5) is 31.5. The average Bonchev–Trinajstić information content (AvgIpc) is 3.02. The summed E-state index contributed by atoms with van der Waals surface area (Å²) >= 11 is 3.56. The fraction of sp³-hybridized carbons (Fsp3) is 0.273. The van der Waals surface area contributed by atoms with Crippen LogP contribution in [0.25, 0.3) is 0 Å². The highest BCUT2D eigenvalue weighted by molar-refractivity contribution is 8.14. The number of oxazole rings is 1. The van der Waals surface area contributed by atoms with Crippen molar-refractivity contribution in [2.45, 2.75) is 18.2 Å². The van der Waals surface area contributed by atoms with Crippen LogP contribution in [0.1, 0.15) is 22.3 Å². The van der Waals surface area contributed by atoms with E-state index in [9.17, 15) is 9.59 Å². The smallest absolute Gasteiger partial charge is 0.223 e. The van der Waals surface area contributed by atoms with E-state index in [4.69, 9.17) is 4.42 Å². The minimum Gasteiger partial charge on any atom is -0.427 e. The normalized spacial score (nSPS) is 10.5. The van der Waals surface area contributed by atoms with E-state index < -0.39 is 0 Å². The first-order chi connectivity index (χ1) is 9.56. The van der Waals surface area contributed by atoms with Gasteiger partial charge in [-0.25, -0.2) is 9.97 Å². The maximum atomic E-state index is 12.0. The molecular weight excluding hydrogens is 318 g/mol. The Kier molecular flexibility index (Phi) is 5.21. The summed E-state index contributed by atoms with van der Waals surface area (Å²) in [5, 5.41) is -0.0675. The van der Waals surface area contributed by atoms with E-state index in [1.54, 1.807) is 13.1 Å². The van der Waals surface area contributed by atoms with Crippen molar-refractivity contribution < 1.29 is 14.0 Å². The van der Waals surface area contributed by atoms with Gasteiger partial charge in [-0.15, -0.1) is 11.3 Å². The van der Waals surface area contributed by atoms with Crippen LogP contribution in [0, 0.1) is 6.92 Å². The van der Waals surface area contributed by atoms with Crippen LogP contribution in [0.4, 0.5) is 5.88 Å². The molecule has 0 aliphatic carbocycles. The van der Waals surface area contributed by atoms with Gasteiger partial charge in [0.25, 0.3) is 0 Å². The topological polar surface area (TPSA) is 85.1 Å². The number of rotatable bonds is 6. The second-order valence-electron chi connectivity index (χ2n) is 3.67. The van der Waals surface area contributed by atoms with E-state index in [2.05, 4.69) is 14.7 Å². The van der Waals surface area contributed by atoms with Gasteiger partial charge in [0.2, 0.25) is 5.88 Å². The maximum absolute atomic E-state index is 12.0. The third-order valence-corrected chi connectivity index (χ3v) is 4.98. The van der Waals surface area contributed by atoms with Gasteiger partial charge in [-0.2, -0.15) is 0 Å². The van der Waals surface area contributed by atoms with Crippen molar-refractivity contribution in [1.29, 1.82) is 0 Å². The van der Waals surface area contributed by atoms with Crippen molar-refractivity contribution in [3.05, 3.63) is 23.2 Å². The lowest BCUT2D eigenvalue weighted by molar-refractivity contribution is -0.109. The van der Waals surface area contributed by atoms with E-state index >= 15 is 0 Å². The first-order valence-electron chi connectivity index (χ1n) is 5.51. The van der Waals surface area contributed by atoms with Crippen molar-refractivity contribution >= 4 is 51.8 Å². The number of hydrogen-bond donors (Lipinski definition) is 1. The number of Topliss-reactive ketones (excluding diaryl/α,β-unsaturated/α-hetero) is 1. The molecule has 0 radical (unpaired) electrons. The molecule has 0 aromatic carbocycles. The monoisotopic (exact) mass is 329 g/mol. The summed E-state index contributed by atoms with van der Waals surface area (Å²) in [5.74, 6) is 0.590. The van der Waals surface area contributed by atoms with Gasteiger partial charge in [-0.05, 0) is 6.92 Å². The molecule has 0 spiro atoms. The van der Waals surface area contributed by atoms with Crippen LogP contribution in [0.5, 0.6) is 0 Å². The molecule has 106 valence electrons. The number of aryl methyl sites for hydroxylation is 1. The molecular formula is C11H11N3O3S3. The number of anilines is 1. The largest absolute Gasteiger partial charge is 0.427 e. The van der Waals surface area contributed by atoms with Gasteiger partial charge in [-0.1, -0.05) is 11.8 Å². The second-order valence-corrected chi connectivity index (χ2v) is 6.87. The number of carbonyl (C=O) groups is 2. The predicted molar refractivity (Wildman–Crippen MR) is 80.3 cm³/mol. The Bertz CT molecular complexity index is 610. The van der Waals surface area contributed by atoms with Crippen LogP contribution in [-0.2, 0) is 4.79 Å². The molecule has 2 rings (SSSR count). The van der Waals surface area contributed by atoms with Gasteiger partial charge < -0.3 is 4.42 Å². The lowest BCUT2D eigenvalue weighted by Crippen LogP contribution is -2.03. The van der Waals surface area contributed by atoms with Crippen molar-refractivity contribution in [2.75, 3.05) is 10.5 Å². The molecule has 2 heterocycles. The molecule has 0 bridgehead atoms. The summed E-state index contributed by atoms with van der Waals surface area (Å²) in [5.41, 5.74) is 0.672. The van der Waals surface area contributed by atoms with Crippen molar-refractivity contribution in [3.8, 4) is 0 Å². The molecule has 0 saturated carbocycles. The Morgan fingerprint density at radius 3 is 2.95 bits per heavy atom. The van der Waals surface area contributed by atoms with Gasteiger partial charge >= 0.3 is 0 Å². The molecule has 0 aliphatic heterocycles. The van der Waals surface area contributed by atoms with Crippen LogP contribution in [-0.4, -0.2) is 26.6 Å². The van der Waals surface area contributed by atoms with Crippen LogP contribution >= 0.6 is 35.0 Å². The fourth-order valence-electron chi connectivity index (χ4n) is 1.27. The maximum Gasteiger partial charge on any atom is 0.223 e. The Hall–Kier alpha value is -1.32. The second kappa shape index (κ2) is 6.91. The van der Waals surface area contributed by atoms with Gasteiger partial charge in [0.1, 0.15) is 0 Å². The molecule has 0 saturated heterocycles. The Labute approximate surface area is 127 Å². The molecule has 20 heavy (non-hydrogen) atoms. The third kappa shape index (κ3) is 4.09. The number of aromatic nitrogens is 2. The highest BCUT2D eigenvalue weighted by Crippen LogP contribution is 2.29. The van der Waals surface area contributed by atoms with Crippen molar-refractivity contribution in [3.63, 3.8) is 0 Å². The molecule has 2 aromatic rings. The summed E-state index contributed by atoms with van der Waals surface area (Å²) < 4.78 is 8.67. The molecule has 1 N–H and O–H groups in total. The molecule has 2 aromatic heterocycles. The van der Waals surface area contributed by atoms with Gasteiger partial charge in [-0.3, -0.25) is 14.3 Å². The van der Waals surface area contributed by atoms with E-state index in [1.165, 1.54) is 36.6 Å². The first kappa shape index (κ1) is 15.1. The number of thioether (sulfide) groups is 1. The molecule has 6 nitrogen and oxygen atoms in total. The predicted octanol–water partition coefficient (Wildman–Crippen LogP) is 3.02. The van der Waals surface area contributed by atoms with Gasteiger partial charge in [0.15, 0.2) is 21.6 Å². The zero-order valence-electron chi connectivity index (χ0n) is 10.7. The highest BCUT2D eigenvalue weighted by Gasteiger charge is 2.16. The summed E-state index contributed by atoms with van der Waals surface area (Å²) in [6, 6.07) is 0. The fourth-order valence-corrected chi connectivity index (χ4v) is 3.59. The number of ketones is 1. The van der Waals surface area contributed by atoms with E-state index in [-0.39, 0.29) is 16.7 Å².